The molecule has 1 aromatic heterocycles. The standard InChI is InChI=1S/C29H31N3O3/c1-3-34-27-15-7-6-14-26(27)32-20-22(19-28(32)33)29-30-24-12-4-5-13-25(24)31(29)16-9-17-35-23-11-8-10-21(2)18-23/h4-8,10-15,18,22H,3,9,16-17,19-20H2,1-2H3. The fourth-order valence-corrected chi connectivity index (χ4v) is 4.83. The van der Waals surface area contributed by atoms with E-state index in [9.17, 15) is 4.79 Å². The van der Waals surface area contributed by atoms with E-state index in [1.165, 1.54) is 5.56 Å². The molecule has 6 heteroatoms. The minimum absolute atomic E-state index is 0.0160. The SMILES string of the molecule is CCOc1ccccc1N1CC(c2nc3ccccc3n2CCCOc2cccc(C)c2)CC1=O. The molecule has 180 valence electrons. The van der Waals surface area contributed by atoms with E-state index in [2.05, 4.69) is 29.7 Å². The largest absolute Gasteiger partial charge is 0.494 e. The molecule has 2 heterocycles. The quantitative estimate of drug-likeness (QED) is 0.294. The zero-order chi connectivity index (χ0) is 24.2. The minimum atomic E-state index is 0.0160. The summed E-state index contributed by atoms with van der Waals surface area (Å²) in [5.74, 6) is 2.72. The van der Waals surface area contributed by atoms with Gasteiger partial charge in [0.1, 0.15) is 17.3 Å². The molecule has 0 saturated carbocycles. The van der Waals surface area contributed by atoms with E-state index in [0.717, 1.165) is 47.0 Å². The van der Waals surface area contributed by atoms with Gasteiger partial charge in [0.15, 0.2) is 0 Å². The van der Waals surface area contributed by atoms with Crippen LogP contribution in [0.15, 0.2) is 72.8 Å². The van der Waals surface area contributed by atoms with Crippen LogP contribution in [0.3, 0.4) is 0 Å². The number of rotatable bonds is 9. The molecule has 1 amide bonds. The van der Waals surface area contributed by atoms with Crippen LogP contribution in [0.25, 0.3) is 11.0 Å². The molecule has 1 aliphatic heterocycles. The number of fused-ring (bicyclic) bond motifs is 1. The molecule has 0 N–H and O–H groups in total. The van der Waals surface area contributed by atoms with Gasteiger partial charge in [-0.3, -0.25) is 4.79 Å². The minimum Gasteiger partial charge on any atom is -0.494 e. The molecule has 1 atom stereocenters. The number of imidazole rings is 1. The molecule has 5 rings (SSSR count). The molecule has 3 aromatic carbocycles. The molecule has 1 aliphatic rings. The average Bonchev–Trinajstić information content (AvgIpc) is 3.43. The highest BCUT2D eigenvalue weighted by molar-refractivity contribution is 5.97. The lowest BCUT2D eigenvalue weighted by Crippen LogP contribution is -2.25. The third-order valence-electron chi connectivity index (χ3n) is 6.41. The number of amides is 1. The Balaban J connectivity index is 1.36. The van der Waals surface area contributed by atoms with Crippen LogP contribution in [0.2, 0.25) is 0 Å². The summed E-state index contributed by atoms with van der Waals surface area (Å²) in [6, 6.07) is 24.1. The van der Waals surface area contributed by atoms with Crippen molar-refractivity contribution in [2.75, 3.05) is 24.7 Å². The first-order valence-electron chi connectivity index (χ1n) is 12.3. The van der Waals surface area contributed by atoms with Gasteiger partial charge in [0.25, 0.3) is 0 Å². The maximum atomic E-state index is 13.1. The van der Waals surface area contributed by atoms with Crippen molar-refractivity contribution in [3.05, 3.63) is 84.2 Å². The number of nitrogens with zero attached hydrogens (tertiary/aromatic N) is 3. The van der Waals surface area contributed by atoms with Gasteiger partial charge < -0.3 is 18.9 Å². The Morgan fingerprint density at radius 3 is 2.69 bits per heavy atom. The monoisotopic (exact) mass is 469 g/mol. The molecule has 35 heavy (non-hydrogen) atoms. The third-order valence-corrected chi connectivity index (χ3v) is 6.41. The Labute approximate surface area is 206 Å². The highest BCUT2D eigenvalue weighted by Crippen LogP contribution is 2.37. The number of para-hydroxylation sites is 4. The van der Waals surface area contributed by atoms with Crippen molar-refractivity contribution >= 4 is 22.6 Å². The molecule has 1 unspecified atom stereocenters. The Morgan fingerprint density at radius 2 is 1.83 bits per heavy atom. The predicted octanol–water partition coefficient (Wildman–Crippen LogP) is 5.73. The van der Waals surface area contributed by atoms with Gasteiger partial charge in [-0.25, -0.2) is 4.98 Å². The first-order chi connectivity index (χ1) is 17.1. The van der Waals surface area contributed by atoms with E-state index in [1.54, 1.807) is 0 Å². The van der Waals surface area contributed by atoms with Crippen molar-refractivity contribution in [2.45, 2.75) is 39.2 Å². The van der Waals surface area contributed by atoms with Crippen LogP contribution < -0.4 is 14.4 Å². The Morgan fingerprint density at radius 1 is 1.00 bits per heavy atom. The van der Waals surface area contributed by atoms with Gasteiger partial charge in [-0.1, -0.05) is 36.4 Å². The van der Waals surface area contributed by atoms with Gasteiger partial charge >= 0.3 is 0 Å². The Kier molecular flexibility index (Phi) is 6.70. The molecule has 0 radical (unpaired) electrons. The summed E-state index contributed by atoms with van der Waals surface area (Å²) in [5, 5.41) is 0. The number of hydrogen-bond donors (Lipinski definition) is 0. The Bertz CT molecular complexity index is 1330. The van der Waals surface area contributed by atoms with Crippen LogP contribution in [0, 0.1) is 6.92 Å². The molecule has 0 aliphatic carbocycles. The van der Waals surface area contributed by atoms with Gasteiger partial charge in [-0.05, 0) is 62.2 Å². The summed E-state index contributed by atoms with van der Waals surface area (Å²) in [5.41, 5.74) is 4.07. The molecular weight excluding hydrogens is 438 g/mol. The van der Waals surface area contributed by atoms with Crippen LogP contribution in [-0.2, 0) is 11.3 Å². The van der Waals surface area contributed by atoms with Crippen molar-refractivity contribution in [3.8, 4) is 11.5 Å². The fourth-order valence-electron chi connectivity index (χ4n) is 4.83. The number of hydrogen-bond acceptors (Lipinski definition) is 4. The average molecular weight is 470 g/mol. The van der Waals surface area contributed by atoms with E-state index in [4.69, 9.17) is 14.5 Å². The normalized spacial score (nSPS) is 15.7. The first-order valence-corrected chi connectivity index (χ1v) is 12.3. The van der Waals surface area contributed by atoms with Gasteiger partial charge in [0.05, 0.1) is 29.9 Å². The molecule has 0 spiro atoms. The van der Waals surface area contributed by atoms with Crippen LogP contribution in [0.4, 0.5) is 5.69 Å². The number of aromatic nitrogens is 2. The molecule has 0 bridgehead atoms. The van der Waals surface area contributed by atoms with Gasteiger partial charge in [-0.2, -0.15) is 0 Å². The molecule has 1 saturated heterocycles. The summed E-state index contributed by atoms with van der Waals surface area (Å²) < 4.78 is 14.0. The van der Waals surface area contributed by atoms with Crippen LogP contribution in [0.5, 0.6) is 11.5 Å². The summed E-state index contributed by atoms with van der Waals surface area (Å²) in [6.45, 7) is 6.57. The van der Waals surface area contributed by atoms with Gasteiger partial charge in [0, 0.05) is 25.4 Å². The predicted molar refractivity (Wildman–Crippen MR) is 138 cm³/mol. The topological polar surface area (TPSA) is 56.6 Å². The number of benzene rings is 3. The fraction of sp³-hybridized carbons (Fsp3) is 0.310. The summed E-state index contributed by atoms with van der Waals surface area (Å²) in [6.07, 6.45) is 1.28. The van der Waals surface area contributed by atoms with Gasteiger partial charge in [0.2, 0.25) is 5.91 Å². The van der Waals surface area contributed by atoms with Crippen molar-refractivity contribution in [1.82, 2.24) is 9.55 Å². The van der Waals surface area contributed by atoms with Crippen molar-refractivity contribution in [2.24, 2.45) is 0 Å². The van der Waals surface area contributed by atoms with E-state index in [-0.39, 0.29) is 11.8 Å². The van der Waals surface area contributed by atoms with Crippen molar-refractivity contribution in [1.29, 1.82) is 0 Å². The molecule has 6 nitrogen and oxygen atoms in total. The third kappa shape index (κ3) is 4.87. The zero-order valence-corrected chi connectivity index (χ0v) is 20.3. The maximum Gasteiger partial charge on any atom is 0.227 e. The van der Waals surface area contributed by atoms with E-state index in [0.29, 0.717) is 26.2 Å². The molecular formula is C29H31N3O3. The number of aryl methyl sites for hydroxylation is 2. The second kappa shape index (κ2) is 10.2. The summed E-state index contributed by atoms with van der Waals surface area (Å²) in [7, 11) is 0. The Hall–Kier alpha value is -3.80. The van der Waals surface area contributed by atoms with Crippen molar-refractivity contribution < 1.29 is 14.3 Å². The van der Waals surface area contributed by atoms with Gasteiger partial charge in [-0.15, -0.1) is 0 Å². The molecule has 4 aromatic rings. The second-order valence-corrected chi connectivity index (χ2v) is 8.94. The smallest absolute Gasteiger partial charge is 0.227 e. The van der Waals surface area contributed by atoms with Crippen molar-refractivity contribution in [3.63, 3.8) is 0 Å². The number of carbonyl (C=O) groups excluding carboxylic acids is 1. The highest BCUT2D eigenvalue weighted by atomic mass is 16.5. The number of anilines is 1. The lowest BCUT2D eigenvalue weighted by atomic mass is 10.1. The first kappa shape index (κ1) is 23.0. The number of carbonyl (C=O) groups is 1. The lowest BCUT2D eigenvalue weighted by molar-refractivity contribution is -0.117. The molecule has 1 fully saturated rings. The summed E-state index contributed by atoms with van der Waals surface area (Å²) in [4.78, 5) is 19.9. The van der Waals surface area contributed by atoms with E-state index in [1.807, 2.05) is 66.4 Å². The second-order valence-electron chi connectivity index (χ2n) is 8.94. The van der Waals surface area contributed by atoms with E-state index >= 15 is 0 Å². The van der Waals surface area contributed by atoms with Crippen LogP contribution in [0.1, 0.15) is 37.1 Å². The highest BCUT2D eigenvalue weighted by Gasteiger charge is 2.35. The maximum absolute atomic E-state index is 13.1. The summed E-state index contributed by atoms with van der Waals surface area (Å²) >= 11 is 0. The van der Waals surface area contributed by atoms with Crippen LogP contribution >= 0.6 is 0 Å². The lowest BCUT2D eigenvalue weighted by Gasteiger charge is -2.20. The number of ether oxygens (including phenoxy) is 2. The zero-order valence-electron chi connectivity index (χ0n) is 20.3. The van der Waals surface area contributed by atoms with Crippen LogP contribution in [-0.4, -0.2) is 35.2 Å². The van der Waals surface area contributed by atoms with E-state index < -0.39 is 0 Å².